The summed E-state index contributed by atoms with van der Waals surface area (Å²) in [5, 5.41) is 1.66. The Balaban J connectivity index is 2.42. The van der Waals surface area contributed by atoms with E-state index < -0.39 is 56.3 Å². The average molecular weight is 424 g/mol. The van der Waals surface area contributed by atoms with Crippen LogP contribution in [0.5, 0.6) is 5.75 Å². The summed E-state index contributed by atoms with van der Waals surface area (Å²) in [6, 6.07) is 6.97. The van der Waals surface area contributed by atoms with Gasteiger partial charge < -0.3 is 10.1 Å². The van der Waals surface area contributed by atoms with E-state index in [1.165, 1.54) is 24.3 Å². The second-order valence-electron chi connectivity index (χ2n) is 5.50. The highest BCUT2D eigenvalue weighted by molar-refractivity contribution is 7.89. The van der Waals surface area contributed by atoms with Gasteiger partial charge in [0, 0.05) is 19.7 Å². The van der Waals surface area contributed by atoms with Crippen molar-refractivity contribution < 1.29 is 39.9 Å². The molecule has 28 heavy (non-hydrogen) atoms. The van der Waals surface area contributed by atoms with Gasteiger partial charge in [-0.25, -0.2) is 21.5 Å². The lowest BCUT2D eigenvalue weighted by atomic mass is 10.2. The van der Waals surface area contributed by atoms with Gasteiger partial charge in [0.05, 0.1) is 0 Å². The number of halogens is 5. The van der Waals surface area contributed by atoms with Crippen molar-refractivity contribution in [2.45, 2.75) is 5.69 Å². The largest absolute Gasteiger partial charge is 0.440 e. The first-order valence-electron chi connectivity index (χ1n) is 7.42. The van der Waals surface area contributed by atoms with Crippen molar-refractivity contribution in [1.82, 2.24) is 4.31 Å². The SMILES string of the molecule is CN(C)S(=O)(=O)C(F)Oc1c(F)c(F)c(NC(=O)c2ccccc2)c(F)c1F. The first-order valence-corrected chi connectivity index (χ1v) is 8.93. The lowest BCUT2D eigenvalue weighted by Gasteiger charge is -2.18. The van der Waals surface area contributed by atoms with Gasteiger partial charge in [-0.1, -0.05) is 18.2 Å². The third-order valence-electron chi connectivity index (χ3n) is 3.45. The molecule has 1 amide bonds. The second kappa shape index (κ2) is 8.10. The van der Waals surface area contributed by atoms with E-state index >= 15 is 0 Å². The molecule has 0 aromatic heterocycles. The Morgan fingerprint density at radius 3 is 1.96 bits per heavy atom. The van der Waals surface area contributed by atoms with Crippen molar-refractivity contribution in [3.8, 4) is 5.75 Å². The molecule has 0 bridgehead atoms. The summed E-state index contributed by atoms with van der Waals surface area (Å²) in [4.78, 5) is 11.9. The van der Waals surface area contributed by atoms with Gasteiger partial charge in [-0.05, 0) is 12.1 Å². The van der Waals surface area contributed by atoms with Crippen LogP contribution in [0.15, 0.2) is 30.3 Å². The smallest absolute Gasteiger partial charge is 0.354 e. The zero-order chi connectivity index (χ0) is 21.2. The molecular weight excluding hydrogens is 411 g/mol. The number of alkyl halides is 1. The zero-order valence-corrected chi connectivity index (χ0v) is 15.2. The first-order chi connectivity index (χ1) is 13.0. The summed E-state index contributed by atoms with van der Waals surface area (Å²) in [5.74, 6) is -11.7. The van der Waals surface area contributed by atoms with E-state index in [2.05, 4.69) is 4.74 Å². The molecule has 6 nitrogen and oxygen atoms in total. The fourth-order valence-electron chi connectivity index (χ4n) is 1.92. The van der Waals surface area contributed by atoms with Crippen molar-refractivity contribution in [2.24, 2.45) is 0 Å². The summed E-state index contributed by atoms with van der Waals surface area (Å²) in [6.07, 6.45) is 0. The van der Waals surface area contributed by atoms with E-state index in [-0.39, 0.29) is 5.56 Å². The maximum atomic E-state index is 14.1. The molecule has 1 atom stereocenters. The predicted octanol–water partition coefficient (Wildman–Crippen LogP) is 3.02. The molecule has 0 fully saturated rings. The third-order valence-corrected chi connectivity index (χ3v) is 5.03. The van der Waals surface area contributed by atoms with Crippen LogP contribution in [-0.4, -0.2) is 38.4 Å². The van der Waals surface area contributed by atoms with Crippen LogP contribution in [0.25, 0.3) is 0 Å². The first kappa shape index (κ1) is 21.6. The van der Waals surface area contributed by atoms with Gasteiger partial charge in [-0.15, -0.1) is 0 Å². The minimum atomic E-state index is -4.80. The molecule has 0 saturated heterocycles. The highest BCUT2D eigenvalue weighted by atomic mass is 32.2. The fourth-order valence-corrected chi connectivity index (χ4v) is 2.47. The number of carbonyl (C=O) groups excluding carboxylic acids is 1. The van der Waals surface area contributed by atoms with Crippen LogP contribution in [-0.2, 0) is 10.0 Å². The molecule has 1 N–H and O–H groups in total. The Hall–Kier alpha value is -2.73. The van der Waals surface area contributed by atoms with Crippen LogP contribution in [0.1, 0.15) is 10.4 Å². The quantitative estimate of drug-likeness (QED) is 0.572. The summed E-state index contributed by atoms with van der Waals surface area (Å²) in [7, 11) is -2.99. The number of hydrogen-bond acceptors (Lipinski definition) is 4. The highest BCUT2D eigenvalue weighted by Gasteiger charge is 2.35. The van der Waals surface area contributed by atoms with Gasteiger partial charge >= 0.3 is 5.69 Å². The van der Waals surface area contributed by atoms with Gasteiger partial charge in [-0.3, -0.25) is 4.79 Å². The summed E-state index contributed by atoms with van der Waals surface area (Å²) in [6.45, 7) is 0. The van der Waals surface area contributed by atoms with E-state index in [1.807, 2.05) is 0 Å². The minimum Gasteiger partial charge on any atom is -0.440 e. The molecular formula is C16H13F5N2O4S. The maximum absolute atomic E-state index is 14.1. The van der Waals surface area contributed by atoms with Crippen molar-refractivity contribution in [3.05, 3.63) is 59.2 Å². The number of anilines is 1. The number of nitrogens with zero attached hydrogens (tertiary/aromatic N) is 1. The van der Waals surface area contributed by atoms with Crippen LogP contribution in [0.3, 0.4) is 0 Å². The molecule has 1 unspecified atom stereocenters. The zero-order valence-electron chi connectivity index (χ0n) is 14.3. The fraction of sp³-hybridized carbons (Fsp3) is 0.188. The van der Waals surface area contributed by atoms with E-state index in [9.17, 15) is 35.2 Å². The molecule has 0 aliphatic rings. The molecule has 0 heterocycles. The Morgan fingerprint density at radius 2 is 1.50 bits per heavy atom. The molecule has 12 heteroatoms. The molecule has 2 rings (SSSR count). The Bertz CT molecular complexity index is 971. The number of nitrogens with one attached hydrogen (secondary N) is 1. The van der Waals surface area contributed by atoms with Crippen LogP contribution >= 0.6 is 0 Å². The van der Waals surface area contributed by atoms with Crippen LogP contribution in [0.2, 0.25) is 0 Å². The van der Waals surface area contributed by atoms with Gasteiger partial charge in [0.2, 0.25) is 17.4 Å². The van der Waals surface area contributed by atoms with Crippen LogP contribution < -0.4 is 10.1 Å². The third kappa shape index (κ3) is 4.07. The van der Waals surface area contributed by atoms with E-state index in [0.29, 0.717) is 4.31 Å². The van der Waals surface area contributed by atoms with Crippen molar-refractivity contribution in [1.29, 1.82) is 0 Å². The number of ether oxygens (including phenoxy) is 1. The molecule has 0 aliphatic carbocycles. The summed E-state index contributed by atoms with van der Waals surface area (Å²) >= 11 is 0. The number of amides is 1. The van der Waals surface area contributed by atoms with Crippen molar-refractivity contribution in [2.75, 3.05) is 19.4 Å². The second-order valence-corrected chi connectivity index (χ2v) is 7.63. The predicted molar refractivity (Wildman–Crippen MR) is 88.8 cm³/mol. The average Bonchev–Trinajstić information content (AvgIpc) is 2.67. The molecule has 0 aliphatic heterocycles. The van der Waals surface area contributed by atoms with Gasteiger partial charge in [-0.2, -0.15) is 13.2 Å². The molecule has 2 aromatic carbocycles. The summed E-state index contributed by atoms with van der Waals surface area (Å²) in [5.41, 5.74) is -4.89. The number of carbonyl (C=O) groups is 1. The highest BCUT2D eigenvalue weighted by Crippen LogP contribution is 2.34. The standard InChI is InChI=1S/C16H13F5N2O4S/c1-23(2)28(25,26)16(21)27-14-11(19)9(17)13(10(18)12(14)20)22-15(24)8-6-4-3-5-7-8/h3-7,16H,1-2H3,(H,22,24). The number of rotatable bonds is 6. The van der Waals surface area contributed by atoms with Crippen molar-refractivity contribution in [3.63, 3.8) is 0 Å². The number of hydrogen-bond donors (Lipinski definition) is 1. The Morgan fingerprint density at radius 1 is 1.00 bits per heavy atom. The molecule has 0 saturated carbocycles. The maximum Gasteiger partial charge on any atom is 0.354 e. The molecule has 2 aromatic rings. The molecule has 0 spiro atoms. The van der Waals surface area contributed by atoms with Gasteiger partial charge in [0.25, 0.3) is 15.9 Å². The molecule has 152 valence electrons. The van der Waals surface area contributed by atoms with Crippen molar-refractivity contribution >= 4 is 21.6 Å². The van der Waals surface area contributed by atoms with Crippen LogP contribution in [0, 0.1) is 23.3 Å². The Kier molecular flexibility index (Phi) is 6.24. The van der Waals surface area contributed by atoms with E-state index in [0.717, 1.165) is 14.1 Å². The summed E-state index contributed by atoms with van der Waals surface area (Å²) < 4.78 is 97.5. The van der Waals surface area contributed by atoms with Crippen LogP contribution in [0.4, 0.5) is 27.6 Å². The van der Waals surface area contributed by atoms with Gasteiger partial charge in [0.15, 0.2) is 11.6 Å². The van der Waals surface area contributed by atoms with Gasteiger partial charge in [0.1, 0.15) is 5.69 Å². The number of sulfonamides is 1. The topological polar surface area (TPSA) is 75.7 Å². The van der Waals surface area contributed by atoms with E-state index in [1.54, 1.807) is 11.4 Å². The Labute approximate surface area is 156 Å². The monoisotopic (exact) mass is 424 g/mol. The lowest BCUT2D eigenvalue weighted by molar-refractivity contribution is 0.102. The van der Waals surface area contributed by atoms with E-state index in [4.69, 9.17) is 0 Å². The normalized spacial score (nSPS) is 12.7. The number of benzene rings is 2. The lowest BCUT2D eigenvalue weighted by Crippen LogP contribution is -2.34. The molecule has 0 radical (unpaired) electrons. The minimum absolute atomic E-state index is 0.0664.